The van der Waals surface area contributed by atoms with Gasteiger partial charge in [0.1, 0.15) is 12.4 Å². The molecule has 82 valence electrons. The van der Waals surface area contributed by atoms with E-state index in [0.29, 0.717) is 18.3 Å². The molecule has 0 amide bonds. The van der Waals surface area contributed by atoms with E-state index in [1.54, 1.807) is 7.05 Å². The Balaban J connectivity index is 2.23. The van der Waals surface area contributed by atoms with Crippen LogP contribution in [0.4, 0.5) is 0 Å². The quantitative estimate of drug-likeness (QED) is 0.655. The Morgan fingerprint density at radius 1 is 1.53 bits per heavy atom. The first-order valence-electron chi connectivity index (χ1n) is 4.56. The monoisotopic (exact) mass is 288 g/mol. The fourth-order valence-electron chi connectivity index (χ4n) is 0.979. The van der Waals surface area contributed by atoms with E-state index in [0.717, 1.165) is 10.2 Å². The summed E-state index contributed by atoms with van der Waals surface area (Å²) >= 11 is 8.30. The molecular formula is C10H13BrN2OS. The highest BCUT2D eigenvalue weighted by Gasteiger charge is 1.95. The number of ether oxygens (including phenoxy) is 1. The van der Waals surface area contributed by atoms with E-state index in [1.807, 2.05) is 24.3 Å². The van der Waals surface area contributed by atoms with Gasteiger partial charge in [-0.2, -0.15) is 0 Å². The first-order valence-corrected chi connectivity index (χ1v) is 5.76. The number of hydrogen-bond donors (Lipinski definition) is 2. The van der Waals surface area contributed by atoms with Gasteiger partial charge in [0.2, 0.25) is 0 Å². The predicted molar refractivity (Wildman–Crippen MR) is 69.3 cm³/mol. The van der Waals surface area contributed by atoms with Crippen molar-refractivity contribution in [3.8, 4) is 5.75 Å². The summed E-state index contributed by atoms with van der Waals surface area (Å²) in [7, 11) is 1.78. The molecule has 1 rings (SSSR count). The summed E-state index contributed by atoms with van der Waals surface area (Å²) in [5.74, 6) is 0.849. The van der Waals surface area contributed by atoms with Crippen LogP contribution in [-0.2, 0) is 0 Å². The number of nitrogens with one attached hydrogen (secondary N) is 2. The molecular weight excluding hydrogens is 276 g/mol. The smallest absolute Gasteiger partial charge is 0.166 e. The zero-order valence-electron chi connectivity index (χ0n) is 8.42. The van der Waals surface area contributed by atoms with E-state index in [2.05, 4.69) is 26.6 Å². The number of halogens is 1. The van der Waals surface area contributed by atoms with Crippen molar-refractivity contribution in [1.29, 1.82) is 0 Å². The zero-order chi connectivity index (χ0) is 11.1. The van der Waals surface area contributed by atoms with Crippen LogP contribution in [0, 0.1) is 0 Å². The molecule has 0 bridgehead atoms. The van der Waals surface area contributed by atoms with Crippen LogP contribution in [-0.4, -0.2) is 25.3 Å². The third kappa shape index (κ3) is 4.99. The number of hydrogen-bond acceptors (Lipinski definition) is 2. The van der Waals surface area contributed by atoms with Crippen molar-refractivity contribution in [2.75, 3.05) is 20.2 Å². The van der Waals surface area contributed by atoms with Crippen LogP contribution in [0.2, 0.25) is 0 Å². The Morgan fingerprint density at radius 2 is 2.33 bits per heavy atom. The number of benzene rings is 1. The van der Waals surface area contributed by atoms with Gasteiger partial charge in [-0.1, -0.05) is 22.0 Å². The third-order valence-electron chi connectivity index (χ3n) is 1.68. The van der Waals surface area contributed by atoms with Crippen molar-refractivity contribution in [2.24, 2.45) is 0 Å². The molecule has 0 saturated carbocycles. The standard InChI is InChI=1S/C10H13BrN2OS/c1-12-10(15)13-5-6-14-9-4-2-3-8(11)7-9/h2-4,7H,5-6H2,1H3,(H2,12,13,15). The van der Waals surface area contributed by atoms with Gasteiger partial charge in [0.25, 0.3) is 0 Å². The molecule has 0 spiro atoms. The summed E-state index contributed by atoms with van der Waals surface area (Å²) < 4.78 is 6.51. The Hall–Kier alpha value is -0.810. The summed E-state index contributed by atoms with van der Waals surface area (Å²) in [5.41, 5.74) is 0. The van der Waals surface area contributed by atoms with Gasteiger partial charge in [0.05, 0.1) is 6.54 Å². The normalized spacial score (nSPS) is 9.47. The average molecular weight is 289 g/mol. The molecule has 0 heterocycles. The molecule has 5 heteroatoms. The molecule has 0 aliphatic carbocycles. The van der Waals surface area contributed by atoms with Gasteiger partial charge in [-0.25, -0.2) is 0 Å². The second kappa shape index (κ2) is 6.63. The summed E-state index contributed by atoms with van der Waals surface area (Å²) in [6, 6.07) is 7.74. The molecule has 0 fully saturated rings. The molecule has 0 aromatic heterocycles. The van der Waals surface area contributed by atoms with E-state index in [9.17, 15) is 0 Å². The number of thiocarbonyl (C=S) groups is 1. The van der Waals surface area contributed by atoms with Crippen molar-refractivity contribution in [3.63, 3.8) is 0 Å². The third-order valence-corrected chi connectivity index (χ3v) is 2.52. The first-order chi connectivity index (χ1) is 7.22. The maximum Gasteiger partial charge on any atom is 0.166 e. The summed E-state index contributed by atoms with van der Waals surface area (Å²) in [6.07, 6.45) is 0. The minimum absolute atomic E-state index is 0.582. The molecule has 0 unspecified atom stereocenters. The fourth-order valence-corrected chi connectivity index (χ4v) is 1.46. The van der Waals surface area contributed by atoms with Crippen molar-refractivity contribution >= 4 is 33.3 Å². The van der Waals surface area contributed by atoms with Crippen LogP contribution in [0.1, 0.15) is 0 Å². The van der Waals surface area contributed by atoms with Gasteiger partial charge >= 0.3 is 0 Å². The van der Waals surface area contributed by atoms with Crippen LogP contribution >= 0.6 is 28.1 Å². The molecule has 0 atom stereocenters. The maximum absolute atomic E-state index is 5.50. The summed E-state index contributed by atoms with van der Waals surface area (Å²) in [5, 5.41) is 6.46. The van der Waals surface area contributed by atoms with Crippen LogP contribution in [0.25, 0.3) is 0 Å². The Labute approximate surface area is 103 Å². The van der Waals surface area contributed by atoms with Gasteiger partial charge < -0.3 is 15.4 Å². The lowest BCUT2D eigenvalue weighted by atomic mass is 10.3. The second-order valence-corrected chi connectivity index (χ2v) is 4.14. The van der Waals surface area contributed by atoms with Gasteiger partial charge in [-0.3, -0.25) is 0 Å². The maximum atomic E-state index is 5.50. The van der Waals surface area contributed by atoms with Gasteiger partial charge in [-0.15, -0.1) is 0 Å². The van der Waals surface area contributed by atoms with E-state index >= 15 is 0 Å². The molecule has 2 N–H and O–H groups in total. The Kier molecular flexibility index (Phi) is 5.42. The van der Waals surface area contributed by atoms with Crippen molar-refractivity contribution in [1.82, 2.24) is 10.6 Å². The molecule has 0 aliphatic rings. The summed E-state index contributed by atoms with van der Waals surface area (Å²) in [4.78, 5) is 0. The minimum Gasteiger partial charge on any atom is -0.492 e. The molecule has 3 nitrogen and oxygen atoms in total. The Morgan fingerprint density at radius 3 is 3.00 bits per heavy atom. The van der Waals surface area contributed by atoms with E-state index in [-0.39, 0.29) is 0 Å². The van der Waals surface area contributed by atoms with E-state index in [1.165, 1.54) is 0 Å². The first kappa shape index (κ1) is 12.3. The minimum atomic E-state index is 0.582. The highest BCUT2D eigenvalue weighted by atomic mass is 79.9. The largest absolute Gasteiger partial charge is 0.492 e. The molecule has 0 saturated heterocycles. The molecule has 15 heavy (non-hydrogen) atoms. The van der Waals surface area contributed by atoms with E-state index < -0.39 is 0 Å². The van der Waals surface area contributed by atoms with Gasteiger partial charge in [0, 0.05) is 11.5 Å². The van der Waals surface area contributed by atoms with Crippen molar-refractivity contribution in [3.05, 3.63) is 28.7 Å². The average Bonchev–Trinajstić information content (AvgIpc) is 2.24. The fraction of sp³-hybridized carbons (Fsp3) is 0.300. The summed E-state index contributed by atoms with van der Waals surface area (Å²) in [6.45, 7) is 1.27. The van der Waals surface area contributed by atoms with Gasteiger partial charge in [0.15, 0.2) is 5.11 Å². The topological polar surface area (TPSA) is 33.3 Å². The molecule has 1 aromatic rings. The Bertz CT molecular complexity index is 333. The van der Waals surface area contributed by atoms with Crippen LogP contribution in [0.15, 0.2) is 28.7 Å². The van der Waals surface area contributed by atoms with Crippen LogP contribution in [0.5, 0.6) is 5.75 Å². The predicted octanol–water partition coefficient (Wildman–Crippen LogP) is 1.92. The molecule has 0 radical (unpaired) electrons. The van der Waals surface area contributed by atoms with E-state index in [4.69, 9.17) is 17.0 Å². The van der Waals surface area contributed by atoms with Gasteiger partial charge in [-0.05, 0) is 30.4 Å². The zero-order valence-corrected chi connectivity index (χ0v) is 10.8. The lowest BCUT2D eigenvalue weighted by Gasteiger charge is -2.08. The highest BCUT2D eigenvalue weighted by Crippen LogP contribution is 2.17. The lowest BCUT2D eigenvalue weighted by Crippen LogP contribution is -2.35. The van der Waals surface area contributed by atoms with Crippen LogP contribution in [0.3, 0.4) is 0 Å². The van der Waals surface area contributed by atoms with Crippen molar-refractivity contribution in [2.45, 2.75) is 0 Å². The van der Waals surface area contributed by atoms with Crippen molar-refractivity contribution < 1.29 is 4.74 Å². The lowest BCUT2D eigenvalue weighted by molar-refractivity contribution is 0.322. The highest BCUT2D eigenvalue weighted by molar-refractivity contribution is 9.10. The molecule has 0 aliphatic heterocycles. The second-order valence-electron chi connectivity index (χ2n) is 2.81. The SMILES string of the molecule is CNC(=S)NCCOc1cccc(Br)c1. The number of rotatable bonds is 4. The van der Waals surface area contributed by atoms with Crippen LogP contribution < -0.4 is 15.4 Å². The molecule has 1 aromatic carbocycles.